The third kappa shape index (κ3) is 12.3. The van der Waals surface area contributed by atoms with Gasteiger partial charge < -0.3 is 15.3 Å². The molecule has 0 heterocycles. The summed E-state index contributed by atoms with van der Waals surface area (Å²) in [4.78, 5) is 0.910. The largest absolute Gasteiger partial charge is 0.507 e. The molecule has 280 valence electrons. The minimum Gasteiger partial charge on any atom is -0.507 e. The van der Waals surface area contributed by atoms with Crippen LogP contribution in [0.4, 0.5) is 0 Å². The van der Waals surface area contributed by atoms with E-state index in [2.05, 4.69) is 169 Å². The maximum atomic E-state index is 10.5. The maximum Gasteiger partial charge on any atom is 0.123 e. The van der Waals surface area contributed by atoms with Crippen LogP contribution in [0.15, 0.2) is 47.9 Å². The average Bonchev–Trinajstić information content (AvgIpc) is 2.91. The zero-order valence-corrected chi connectivity index (χ0v) is 36.5. The van der Waals surface area contributed by atoms with E-state index in [9.17, 15) is 15.3 Å². The second-order valence-corrected chi connectivity index (χ2v) is 20.6. The first-order chi connectivity index (χ1) is 22.2. The number of phenols is 3. The Hall–Kier alpha value is -2.50. The van der Waals surface area contributed by atoms with E-state index in [1.165, 1.54) is 5.56 Å². The standard InChI is InChI=1S/C16H24O.C15H24OS.C14H22OS/c1-8-11-9-12(15(2,3)4)14(17)13(10-11)16(5,6)7;1-14(2,3)11-7-10(9-17)8-12(13(11)16)15(4,5)6;1-13(2,3)10-7-9(16)8-11(12(10)15)14(4,5)6/h8-10,17H,1H2,2-7H3;7-8,16-17H,9H2,1-6H3;7-8,15-16H,1-6H3. The Kier molecular flexibility index (Phi) is 14.6. The van der Waals surface area contributed by atoms with Crippen molar-refractivity contribution in [3.8, 4) is 17.2 Å². The summed E-state index contributed by atoms with van der Waals surface area (Å²) < 4.78 is 0. The molecule has 3 aromatic rings. The summed E-state index contributed by atoms with van der Waals surface area (Å²) in [5.74, 6) is 1.98. The monoisotopic (exact) mass is 722 g/mol. The molecule has 0 aliphatic heterocycles. The number of hydrogen-bond donors (Lipinski definition) is 5. The molecule has 0 aliphatic rings. The minimum absolute atomic E-state index is 0.0525. The lowest BCUT2D eigenvalue weighted by molar-refractivity contribution is 0.421. The summed E-state index contributed by atoms with van der Waals surface area (Å²) in [5.41, 5.74) is 7.78. The molecule has 0 aliphatic carbocycles. The van der Waals surface area contributed by atoms with Crippen molar-refractivity contribution >= 4 is 31.3 Å². The smallest absolute Gasteiger partial charge is 0.123 e. The van der Waals surface area contributed by atoms with Crippen LogP contribution in [0, 0.1) is 0 Å². The molecule has 0 bridgehead atoms. The van der Waals surface area contributed by atoms with Crippen LogP contribution in [0.2, 0.25) is 0 Å². The molecule has 0 aromatic heterocycles. The van der Waals surface area contributed by atoms with Gasteiger partial charge in [0.1, 0.15) is 17.2 Å². The number of benzene rings is 3. The van der Waals surface area contributed by atoms with E-state index < -0.39 is 0 Å². The summed E-state index contributed by atoms with van der Waals surface area (Å²) in [7, 11) is 0. The first kappa shape index (κ1) is 45.5. The molecule has 0 saturated heterocycles. The molecule has 0 amide bonds. The highest BCUT2D eigenvalue weighted by Crippen LogP contribution is 2.42. The van der Waals surface area contributed by atoms with Crippen LogP contribution in [0.5, 0.6) is 17.2 Å². The number of rotatable bonds is 2. The normalized spacial score (nSPS) is 12.8. The second kappa shape index (κ2) is 16.0. The van der Waals surface area contributed by atoms with Crippen molar-refractivity contribution in [2.75, 3.05) is 0 Å². The third-order valence-electron chi connectivity index (χ3n) is 8.66. The van der Waals surface area contributed by atoms with Gasteiger partial charge in [0.25, 0.3) is 0 Å². The Balaban J connectivity index is 0.000000375. The highest BCUT2D eigenvalue weighted by molar-refractivity contribution is 7.80. The second-order valence-electron chi connectivity index (χ2n) is 19.8. The van der Waals surface area contributed by atoms with Crippen LogP contribution in [0.25, 0.3) is 6.08 Å². The van der Waals surface area contributed by atoms with Gasteiger partial charge in [-0.3, -0.25) is 0 Å². The van der Waals surface area contributed by atoms with Gasteiger partial charge in [0.2, 0.25) is 0 Å². The number of hydrogen-bond acceptors (Lipinski definition) is 5. The van der Waals surface area contributed by atoms with E-state index in [1.54, 1.807) is 0 Å². The molecule has 3 nitrogen and oxygen atoms in total. The van der Waals surface area contributed by atoms with E-state index in [4.69, 9.17) is 0 Å². The topological polar surface area (TPSA) is 60.7 Å². The average molecular weight is 723 g/mol. The highest BCUT2D eigenvalue weighted by Gasteiger charge is 2.28. The summed E-state index contributed by atoms with van der Waals surface area (Å²) in [6.45, 7) is 41.8. The molecular formula is C45H70O3S2. The summed E-state index contributed by atoms with van der Waals surface area (Å²) in [5, 5.41) is 31.3. The fourth-order valence-electron chi connectivity index (χ4n) is 5.61. The lowest BCUT2D eigenvalue weighted by Gasteiger charge is -2.28. The maximum absolute atomic E-state index is 10.5. The van der Waals surface area contributed by atoms with Crippen LogP contribution in [-0.4, -0.2) is 15.3 Å². The predicted octanol–water partition coefficient (Wildman–Crippen LogP) is 13.3. The Morgan fingerprint density at radius 2 is 0.680 bits per heavy atom. The van der Waals surface area contributed by atoms with Crippen molar-refractivity contribution in [3.63, 3.8) is 0 Å². The van der Waals surface area contributed by atoms with E-state index in [0.29, 0.717) is 23.0 Å². The van der Waals surface area contributed by atoms with Gasteiger partial charge in [-0.15, -0.1) is 12.6 Å². The molecule has 50 heavy (non-hydrogen) atoms. The molecule has 5 heteroatoms. The van der Waals surface area contributed by atoms with Crippen LogP contribution in [0.3, 0.4) is 0 Å². The minimum atomic E-state index is -0.0666. The molecule has 3 aromatic carbocycles. The fourth-order valence-corrected chi connectivity index (χ4v) is 6.05. The predicted molar refractivity (Wildman–Crippen MR) is 227 cm³/mol. The Morgan fingerprint density at radius 3 is 0.880 bits per heavy atom. The lowest BCUT2D eigenvalue weighted by atomic mass is 9.78. The van der Waals surface area contributed by atoms with Gasteiger partial charge in [0.15, 0.2) is 0 Å². The Bertz CT molecular complexity index is 1520. The fraction of sp³-hybridized carbons (Fsp3) is 0.556. The molecule has 0 atom stereocenters. The van der Waals surface area contributed by atoms with Crippen molar-refractivity contribution < 1.29 is 15.3 Å². The van der Waals surface area contributed by atoms with Crippen molar-refractivity contribution in [1.29, 1.82) is 0 Å². The molecule has 0 saturated carbocycles. The van der Waals surface area contributed by atoms with E-state index in [0.717, 1.165) is 43.8 Å². The molecule has 0 spiro atoms. The van der Waals surface area contributed by atoms with E-state index in [-0.39, 0.29) is 32.5 Å². The van der Waals surface area contributed by atoms with Gasteiger partial charge in [-0.25, -0.2) is 0 Å². The summed E-state index contributed by atoms with van der Waals surface area (Å²) in [6.07, 6.45) is 1.84. The number of thiol groups is 2. The van der Waals surface area contributed by atoms with Crippen LogP contribution >= 0.6 is 25.3 Å². The highest BCUT2D eigenvalue weighted by atomic mass is 32.1. The SMILES string of the molecule is C=Cc1cc(C(C)(C)C)c(O)c(C(C)(C)C)c1.CC(C)(C)c1cc(CS)cc(C(C)(C)C)c1O.CC(C)(C)c1cc(S)cc(C(C)(C)C)c1O. The van der Waals surface area contributed by atoms with Crippen molar-refractivity contribution in [2.45, 2.75) is 168 Å². The lowest BCUT2D eigenvalue weighted by Crippen LogP contribution is -2.17. The van der Waals surface area contributed by atoms with E-state index >= 15 is 0 Å². The van der Waals surface area contributed by atoms with Gasteiger partial charge in [-0.1, -0.05) is 149 Å². The molecule has 0 unspecified atom stereocenters. The van der Waals surface area contributed by atoms with Crippen LogP contribution in [-0.2, 0) is 38.2 Å². The van der Waals surface area contributed by atoms with Gasteiger partial charge in [-0.05, 0) is 79.0 Å². The first-order valence-corrected chi connectivity index (χ1v) is 18.8. The Labute approximate surface area is 317 Å². The van der Waals surface area contributed by atoms with Gasteiger partial charge in [-0.2, -0.15) is 12.6 Å². The van der Waals surface area contributed by atoms with Crippen molar-refractivity contribution in [3.05, 3.63) is 87.5 Å². The summed E-state index contributed by atoms with van der Waals surface area (Å²) in [6, 6.07) is 12.1. The molecule has 0 radical (unpaired) electrons. The zero-order valence-electron chi connectivity index (χ0n) is 34.7. The van der Waals surface area contributed by atoms with Gasteiger partial charge >= 0.3 is 0 Å². The summed E-state index contributed by atoms with van der Waals surface area (Å²) >= 11 is 8.77. The first-order valence-electron chi connectivity index (χ1n) is 17.7. The quantitative estimate of drug-likeness (QED) is 0.171. The zero-order chi connectivity index (χ0) is 39.6. The number of aromatic hydroxyl groups is 3. The van der Waals surface area contributed by atoms with Gasteiger partial charge in [0.05, 0.1) is 0 Å². The van der Waals surface area contributed by atoms with Crippen molar-refractivity contribution in [2.24, 2.45) is 0 Å². The molecular weight excluding hydrogens is 653 g/mol. The Morgan fingerprint density at radius 1 is 0.460 bits per heavy atom. The molecule has 3 rings (SSSR count). The third-order valence-corrected chi connectivity index (χ3v) is 9.29. The van der Waals surface area contributed by atoms with Gasteiger partial charge in [0, 0.05) is 32.9 Å². The van der Waals surface area contributed by atoms with Crippen LogP contribution < -0.4 is 0 Å². The number of phenolic OH excluding ortho intramolecular Hbond substituents is 3. The van der Waals surface area contributed by atoms with Crippen LogP contribution in [0.1, 0.15) is 169 Å². The molecule has 3 N–H and O–H groups in total. The van der Waals surface area contributed by atoms with Crippen molar-refractivity contribution in [1.82, 2.24) is 0 Å². The van der Waals surface area contributed by atoms with E-state index in [1.807, 2.05) is 30.3 Å². The molecule has 0 fully saturated rings.